The lowest BCUT2D eigenvalue weighted by Crippen LogP contribution is -2.34. The van der Waals surface area contributed by atoms with Gasteiger partial charge in [0, 0.05) is 34.9 Å². The summed E-state index contributed by atoms with van der Waals surface area (Å²) in [7, 11) is 1.44. The third-order valence-corrected chi connectivity index (χ3v) is 4.87. The molecule has 0 N–H and O–H groups in total. The third kappa shape index (κ3) is 5.25. The Hall–Kier alpha value is -0.630. The number of ether oxygens (including phenoxy) is 1. The molecule has 8 heteroatoms. The summed E-state index contributed by atoms with van der Waals surface area (Å²) in [4.78, 5) is 14.0. The Morgan fingerprint density at radius 2 is 2.05 bits per heavy atom. The molecule has 118 valence electrons. The van der Waals surface area contributed by atoms with Gasteiger partial charge in [0.25, 0.3) is 15.0 Å². The van der Waals surface area contributed by atoms with Gasteiger partial charge >= 0.3 is 0 Å². The lowest BCUT2D eigenvalue weighted by Gasteiger charge is -2.21. The molecule has 1 aromatic carbocycles. The predicted octanol–water partition coefficient (Wildman–Crippen LogP) is 2.88. The Balaban J connectivity index is 3.04. The van der Waals surface area contributed by atoms with E-state index in [4.69, 9.17) is 15.4 Å². The molecular weight excluding hydrogens is 382 g/mol. The molecule has 0 heterocycles. The maximum absolute atomic E-state index is 12.5. The van der Waals surface area contributed by atoms with Gasteiger partial charge in [-0.2, -0.15) is 0 Å². The van der Waals surface area contributed by atoms with Crippen LogP contribution in [0, 0.1) is 0 Å². The first-order valence-corrected chi connectivity index (χ1v) is 9.52. The first-order valence-electron chi connectivity index (χ1n) is 6.42. The van der Waals surface area contributed by atoms with E-state index in [9.17, 15) is 13.2 Å². The van der Waals surface area contributed by atoms with E-state index >= 15 is 0 Å². The molecule has 1 amide bonds. The molecule has 1 rings (SSSR count). The van der Waals surface area contributed by atoms with Crippen LogP contribution in [0.3, 0.4) is 0 Å². The largest absolute Gasteiger partial charge is 0.380 e. The molecule has 0 aliphatic carbocycles. The van der Waals surface area contributed by atoms with Crippen molar-refractivity contribution in [3.8, 4) is 0 Å². The van der Waals surface area contributed by atoms with Crippen molar-refractivity contribution in [3.63, 3.8) is 0 Å². The van der Waals surface area contributed by atoms with Crippen molar-refractivity contribution < 1.29 is 17.9 Å². The number of amides is 1. The van der Waals surface area contributed by atoms with Crippen molar-refractivity contribution in [2.75, 3.05) is 26.3 Å². The fourth-order valence-electron chi connectivity index (χ4n) is 1.71. The summed E-state index contributed by atoms with van der Waals surface area (Å²) < 4.78 is 28.5. The second-order valence-electron chi connectivity index (χ2n) is 4.16. The van der Waals surface area contributed by atoms with Gasteiger partial charge in [0.05, 0.1) is 17.1 Å². The van der Waals surface area contributed by atoms with Gasteiger partial charge < -0.3 is 9.64 Å². The minimum atomic E-state index is -3.87. The zero-order valence-electron chi connectivity index (χ0n) is 11.8. The van der Waals surface area contributed by atoms with E-state index in [2.05, 4.69) is 15.9 Å². The molecule has 0 aliphatic rings. The van der Waals surface area contributed by atoms with Crippen LogP contribution in [0.15, 0.2) is 27.6 Å². The van der Waals surface area contributed by atoms with E-state index in [0.717, 1.165) is 0 Å². The Bertz CT molecular complexity index is 606. The number of likely N-dealkylation sites (N-methyl/N-ethyl adjacent to an activating group) is 1. The Morgan fingerprint density at radius 3 is 2.57 bits per heavy atom. The van der Waals surface area contributed by atoms with Crippen LogP contribution in [0.25, 0.3) is 0 Å². The van der Waals surface area contributed by atoms with Crippen LogP contribution in [-0.2, 0) is 13.8 Å². The first-order chi connectivity index (χ1) is 9.81. The van der Waals surface area contributed by atoms with Gasteiger partial charge in [-0.15, -0.1) is 0 Å². The van der Waals surface area contributed by atoms with Gasteiger partial charge in [0.1, 0.15) is 0 Å². The van der Waals surface area contributed by atoms with E-state index < -0.39 is 9.05 Å². The maximum Gasteiger partial charge on any atom is 0.261 e. The average molecular weight is 399 g/mol. The van der Waals surface area contributed by atoms with Crippen LogP contribution in [-0.4, -0.2) is 45.5 Å². The molecule has 0 radical (unpaired) electrons. The van der Waals surface area contributed by atoms with Crippen LogP contribution in [0.4, 0.5) is 0 Å². The molecule has 21 heavy (non-hydrogen) atoms. The van der Waals surface area contributed by atoms with E-state index in [1.54, 1.807) is 4.90 Å². The molecule has 5 nitrogen and oxygen atoms in total. The molecule has 0 atom stereocenters. The van der Waals surface area contributed by atoms with Gasteiger partial charge in [-0.3, -0.25) is 4.79 Å². The summed E-state index contributed by atoms with van der Waals surface area (Å²) in [6.07, 6.45) is 0. The predicted molar refractivity (Wildman–Crippen MR) is 85.3 cm³/mol. The van der Waals surface area contributed by atoms with Crippen molar-refractivity contribution in [1.29, 1.82) is 0 Å². The minimum absolute atomic E-state index is 0.100. The van der Waals surface area contributed by atoms with E-state index in [-0.39, 0.29) is 16.4 Å². The number of hydrogen-bond acceptors (Lipinski definition) is 4. The minimum Gasteiger partial charge on any atom is -0.380 e. The second kappa shape index (κ2) is 8.12. The summed E-state index contributed by atoms with van der Waals surface area (Å²) in [6.45, 7) is 5.67. The fraction of sp³-hybridized carbons (Fsp3) is 0.462. The molecule has 0 spiro atoms. The monoisotopic (exact) mass is 397 g/mol. The summed E-state index contributed by atoms with van der Waals surface area (Å²) in [5, 5.41) is 0. The summed E-state index contributed by atoms with van der Waals surface area (Å²) >= 11 is 3.26. The lowest BCUT2D eigenvalue weighted by molar-refractivity contribution is 0.0668. The van der Waals surface area contributed by atoms with Gasteiger partial charge in [0.2, 0.25) is 0 Å². The first kappa shape index (κ1) is 18.4. The van der Waals surface area contributed by atoms with Gasteiger partial charge in [0.15, 0.2) is 0 Å². The molecular formula is C13H17BrClNO4S. The third-order valence-electron chi connectivity index (χ3n) is 2.83. The highest BCUT2D eigenvalue weighted by Gasteiger charge is 2.20. The highest BCUT2D eigenvalue weighted by Crippen LogP contribution is 2.24. The van der Waals surface area contributed by atoms with E-state index in [0.29, 0.717) is 30.8 Å². The number of hydrogen-bond donors (Lipinski definition) is 0. The normalized spacial score (nSPS) is 11.4. The van der Waals surface area contributed by atoms with Crippen molar-refractivity contribution in [1.82, 2.24) is 4.90 Å². The van der Waals surface area contributed by atoms with Crippen molar-refractivity contribution in [2.24, 2.45) is 0 Å². The smallest absolute Gasteiger partial charge is 0.261 e. The van der Waals surface area contributed by atoms with Crippen LogP contribution < -0.4 is 0 Å². The van der Waals surface area contributed by atoms with E-state index in [1.807, 2.05) is 13.8 Å². The molecule has 1 aromatic rings. The van der Waals surface area contributed by atoms with Crippen LogP contribution in [0.1, 0.15) is 24.2 Å². The molecule has 0 unspecified atom stereocenters. The fourth-order valence-corrected chi connectivity index (χ4v) is 2.91. The molecule has 0 aliphatic heterocycles. The summed E-state index contributed by atoms with van der Waals surface area (Å²) in [5.41, 5.74) is 0.259. The number of carbonyl (C=O) groups excluding carboxylic acids is 1. The quantitative estimate of drug-likeness (QED) is 0.523. The molecule has 0 saturated carbocycles. The Morgan fingerprint density at radius 1 is 1.38 bits per heavy atom. The maximum atomic E-state index is 12.5. The topological polar surface area (TPSA) is 63.7 Å². The van der Waals surface area contributed by atoms with Gasteiger partial charge in [-0.25, -0.2) is 8.42 Å². The Kier molecular flexibility index (Phi) is 7.12. The number of carbonyl (C=O) groups is 1. The molecule has 0 bridgehead atoms. The second-order valence-corrected chi connectivity index (χ2v) is 7.58. The van der Waals surface area contributed by atoms with Crippen LogP contribution in [0.5, 0.6) is 0 Å². The lowest BCUT2D eigenvalue weighted by atomic mass is 10.2. The molecule has 0 aromatic heterocycles. The Labute approximate surface area is 137 Å². The van der Waals surface area contributed by atoms with Crippen LogP contribution >= 0.6 is 26.6 Å². The summed E-state index contributed by atoms with van der Waals surface area (Å²) in [5.74, 6) is -0.272. The van der Waals surface area contributed by atoms with Crippen molar-refractivity contribution >= 4 is 41.6 Å². The average Bonchev–Trinajstić information content (AvgIpc) is 2.42. The van der Waals surface area contributed by atoms with Crippen LogP contribution in [0.2, 0.25) is 0 Å². The van der Waals surface area contributed by atoms with Crippen molar-refractivity contribution in [3.05, 3.63) is 28.2 Å². The zero-order valence-corrected chi connectivity index (χ0v) is 15.0. The van der Waals surface area contributed by atoms with Gasteiger partial charge in [-0.05, 0) is 48.0 Å². The van der Waals surface area contributed by atoms with Gasteiger partial charge in [-0.1, -0.05) is 0 Å². The van der Waals surface area contributed by atoms with Crippen molar-refractivity contribution in [2.45, 2.75) is 18.7 Å². The summed E-state index contributed by atoms with van der Waals surface area (Å²) in [6, 6.07) is 4.12. The number of halogens is 2. The SMILES string of the molecule is CCOCCN(CC)C(=O)c1cc(S(=O)(=O)Cl)ccc1Br. The molecule has 0 fully saturated rings. The zero-order chi connectivity index (χ0) is 16.0. The highest BCUT2D eigenvalue weighted by molar-refractivity contribution is 9.10. The number of rotatable bonds is 7. The molecule has 0 saturated heterocycles. The number of nitrogens with zero attached hydrogens (tertiary/aromatic N) is 1. The van der Waals surface area contributed by atoms with E-state index in [1.165, 1.54) is 18.2 Å². The number of benzene rings is 1. The standard InChI is InChI=1S/C13H17BrClNO4S/c1-3-16(7-8-20-4-2)13(17)11-9-10(21(15,18)19)5-6-12(11)14/h5-6,9H,3-4,7-8H2,1-2H3. The highest BCUT2D eigenvalue weighted by atomic mass is 79.9.